The molecule has 4 heteroatoms. The van der Waals surface area contributed by atoms with Gasteiger partial charge in [0.15, 0.2) is 5.96 Å². The van der Waals surface area contributed by atoms with Crippen LogP contribution in [0.3, 0.4) is 0 Å². The highest BCUT2D eigenvalue weighted by molar-refractivity contribution is 5.74. The van der Waals surface area contributed by atoms with E-state index < -0.39 is 0 Å². The third-order valence-electron chi connectivity index (χ3n) is 0.970. The van der Waals surface area contributed by atoms with Crippen molar-refractivity contribution >= 4 is 5.96 Å². The van der Waals surface area contributed by atoms with Gasteiger partial charge in [0.05, 0.1) is 12.5 Å². The SMILES string of the molecule is CN(CCC#N)C(=N)N. The molecule has 50 valence electrons. The first-order valence-corrected chi connectivity index (χ1v) is 2.60. The first-order valence-electron chi connectivity index (χ1n) is 2.60. The molecule has 0 radical (unpaired) electrons. The maximum absolute atomic E-state index is 8.11. The van der Waals surface area contributed by atoms with E-state index in [1.165, 1.54) is 4.90 Å². The van der Waals surface area contributed by atoms with Crippen LogP contribution in [-0.2, 0) is 0 Å². The van der Waals surface area contributed by atoms with Crippen molar-refractivity contribution in [2.75, 3.05) is 13.6 Å². The molecule has 0 rings (SSSR count). The minimum Gasteiger partial charge on any atom is -0.370 e. The quantitative estimate of drug-likeness (QED) is 0.395. The normalized spacial score (nSPS) is 8.00. The van der Waals surface area contributed by atoms with Crippen molar-refractivity contribution < 1.29 is 0 Å². The van der Waals surface area contributed by atoms with Crippen LogP contribution in [0.15, 0.2) is 0 Å². The third kappa shape index (κ3) is 3.35. The van der Waals surface area contributed by atoms with Gasteiger partial charge in [0.25, 0.3) is 0 Å². The molecule has 0 spiro atoms. The lowest BCUT2D eigenvalue weighted by Gasteiger charge is -2.13. The van der Waals surface area contributed by atoms with Crippen LogP contribution >= 0.6 is 0 Å². The summed E-state index contributed by atoms with van der Waals surface area (Å²) in [5.74, 6) is 0.00486. The van der Waals surface area contributed by atoms with Crippen LogP contribution in [0.2, 0.25) is 0 Å². The summed E-state index contributed by atoms with van der Waals surface area (Å²) in [4.78, 5) is 1.52. The third-order valence-corrected chi connectivity index (χ3v) is 0.970. The summed E-state index contributed by atoms with van der Waals surface area (Å²) >= 11 is 0. The molecule has 0 aliphatic heterocycles. The first kappa shape index (κ1) is 7.76. The van der Waals surface area contributed by atoms with E-state index in [0.717, 1.165) is 0 Å². The summed E-state index contributed by atoms with van der Waals surface area (Å²) in [6, 6.07) is 1.96. The molecule has 0 saturated heterocycles. The zero-order valence-corrected chi connectivity index (χ0v) is 5.39. The second kappa shape index (κ2) is 3.72. The number of nitriles is 1. The van der Waals surface area contributed by atoms with E-state index in [1.807, 2.05) is 6.07 Å². The average Bonchev–Trinajstić information content (AvgIpc) is 1.82. The Morgan fingerprint density at radius 2 is 2.44 bits per heavy atom. The molecule has 0 aromatic carbocycles. The first-order chi connectivity index (χ1) is 4.18. The minimum atomic E-state index is 0.00486. The lowest BCUT2D eigenvalue weighted by Crippen LogP contribution is -2.33. The van der Waals surface area contributed by atoms with Gasteiger partial charge in [-0.05, 0) is 0 Å². The van der Waals surface area contributed by atoms with Crippen molar-refractivity contribution in [1.82, 2.24) is 4.90 Å². The molecule has 0 fully saturated rings. The highest BCUT2D eigenvalue weighted by Crippen LogP contribution is 1.81. The van der Waals surface area contributed by atoms with E-state index in [4.69, 9.17) is 16.4 Å². The number of hydrogen-bond acceptors (Lipinski definition) is 2. The molecule has 0 saturated carbocycles. The van der Waals surface area contributed by atoms with E-state index in [0.29, 0.717) is 13.0 Å². The van der Waals surface area contributed by atoms with Crippen molar-refractivity contribution in [1.29, 1.82) is 10.7 Å². The second-order valence-corrected chi connectivity index (χ2v) is 1.71. The Kier molecular flexibility index (Phi) is 3.21. The molecule has 0 aromatic heterocycles. The second-order valence-electron chi connectivity index (χ2n) is 1.71. The van der Waals surface area contributed by atoms with Crippen LogP contribution in [0, 0.1) is 16.7 Å². The van der Waals surface area contributed by atoms with Crippen LogP contribution in [0.5, 0.6) is 0 Å². The average molecular weight is 126 g/mol. The molecule has 0 unspecified atom stereocenters. The molecule has 0 heterocycles. The van der Waals surface area contributed by atoms with Crippen molar-refractivity contribution in [3.63, 3.8) is 0 Å². The zero-order valence-electron chi connectivity index (χ0n) is 5.39. The number of guanidine groups is 1. The molecule has 0 atom stereocenters. The Morgan fingerprint density at radius 1 is 1.89 bits per heavy atom. The van der Waals surface area contributed by atoms with Crippen molar-refractivity contribution in [2.45, 2.75) is 6.42 Å². The van der Waals surface area contributed by atoms with Gasteiger partial charge in [-0.3, -0.25) is 5.41 Å². The molecule has 9 heavy (non-hydrogen) atoms. The molecule has 0 bridgehead atoms. The van der Waals surface area contributed by atoms with Gasteiger partial charge >= 0.3 is 0 Å². The van der Waals surface area contributed by atoms with Gasteiger partial charge in [0.1, 0.15) is 0 Å². The minimum absolute atomic E-state index is 0.00486. The molecule has 0 aromatic rings. The molecular weight excluding hydrogens is 116 g/mol. The van der Waals surface area contributed by atoms with Crippen molar-refractivity contribution in [3.05, 3.63) is 0 Å². The fourth-order valence-corrected chi connectivity index (χ4v) is 0.338. The number of rotatable bonds is 2. The number of nitrogens with zero attached hydrogens (tertiary/aromatic N) is 2. The summed E-state index contributed by atoms with van der Waals surface area (Å²) < 4.78 is 0. The lowest BCUT2D eigenvalue weighted by atomic mass is 10.4. The topological polar surface area (TPSA) is 76.9 Å². The summed E-state index contributed by atoms with van der Waals surface area (Å²) in [6.45, 7) is 0.534. The Balaban J connectivity index is 3.41. The van der Waals surface area contributed by atoms with Gasteiger partial charge in [-0.15, -0.1) is 0 Å². The van der Waals surface area contributed by atoms with Crippen molar-refractivity contribution in [2.24, 2.45) is 5.73 Å². The van der Waals surface area contributed by atoms with Gasteiger partial charge in [0, 0.05) is 13.6 Å². The summed E-state index contributed by atoms with van der Waals surface area (Å²) in [5, 5.41) is 15.0. The van der Waals surface area contributed by atoms with Gasteiger partial charge in [-0.25, -0.2) is 0 Å². The van der Waals surface area contributed by atoms with Crippen molar-refractivity contribution in [3.8, 4) is 6.07 Å². The van der Waals surface area contributed by atoms with Gasteiger partial charge in [-0.2, -0.15) is 5.26 Å². The van der Waals surface area contributed by atoms with Crippen LogP contribution in [0.25, 0.3) is 0 Å². The summed E-state index contributed by atoms with van der Waals surface area (Å²) in [6.07, 6.45) is 0.413. The smallest absolute Gasteiger partial charge is 0.188 e. The van der Waals surface area contributed by atoms with Gasteiger partial charge in [-0.1, -0.05) is 0 Å². The molecule has 0 aliphatic carbocycles. The van der Waals surface area contributed by atoms with Crippen LogP contribution in [-0.4, -0.2) is 24.5 Å². The van der Waals surface area contributed by atoms with E-state index in [2.05, 4.69) is 0 Å². The van der Waals surface area contributed by atoms with Gasteiger partial charge in [0.2, 0.25) is 0 Å². The van der Waals surface area contributed by atoms with E-state index in [9.17, 15) is 0 Å². The molecule has 0 aliphatic rings. The van der Waals surface area contributed by atoms with Crippen LogP contribution in [0.1, 0.15) is 6.42 Å². The Labute approximate surface area is 54.4 Å². The molecular formula is C5H10N4. The molecule has 0 amide bonds. The number of hydrogen-bond donors (Lipinski definition) is 2. The van der Waals surface area contributed by atoms with E-state index >= 15 is 0 Å². The maximum atomic E-state index is 8.11. The fourth-order valence-electron chi connectivity index (χ4n) is 0.338. The standard InChI is InChI=1S/C5H10N4/c1-9(5(7)8)4-2-3-6/h2,4H2,1H3,(H3,7,8). The predicted molar refractivity (Wildman–Crippen MR) is 34.8 cm³/mol. The summed E-state index contributed by atoms with van der Waals surface area (Å²) in [5.41, 5.74) is 5.08. The van der Waals surface area contributed by atoms with Gasteiger partial charge < -0.3 is 10.6 Å². The van der Waals surface area contributed by atoms with Crippen LogP contribution < -0.4 is 5.73 Å². The highest BCUT2D eigenvalue weighted by atomic mass is 15.2. The lowest BCUT2D eigenvalue weighted by molar-refractivity contribution is 0.506. The number of nitrogens with two attached hydrogens (primary N) is 1. The largest absolute Gasteiger partial charge is 0.370 e. The Bertz CT molecular complexity index is 134. The summed E-state index contributed by atoms with van der Waals surface area (Å²) in [7, 11) is 1.68. The highest BCUT2D eigenvalue weighted by Gasteiger charge is 1.95. The van der Waals surface area contributed by atoms with E-state index in [-0.39, 0.29) is 5.96 Å². The monoisotopic (exact) mass is 126 g/mol. The van der Waals surface area contributed by atoms with E-state index in [1.54, 1.807) is 7.05 Å². The van der Waals surface area contributed by atoms with Crippen LogP contribution in [0.4, 0.5) is 0 Å². The maximum Gasteiger partial charge on any atom is 0.188 e. The Morgan fingerprint density at radius 3 is 2.78 bits per heavy atom. The zero-order chi connectivity index (χ0) is 7.28. The Hall–Kier alpha value is -1.24. The molecule has 4 nitrogen and oxygen atoms in total. The number of nitrogens with one attached hydrogen (secondary N) is 1. The molecule has 3 N–H and O–H groups in total. The predicted octanol–water partition coefficient (Wildman–Crippen LogP) is -0.275. The fraction of sp³-hybridized carbons (Fsp3) is 0.600.